The monoisotopic (exact) mass is 254 g/mol. The molecule has 1 heteroatoms. The lowest BCUT2D eigenvalue weighted by Gasteiger charge is -2.28. The molecule has 0 unspecified atom stereocenters. The van der Waals surface area contributed by atoms with Crippen LogP contribution in [0, 0.1) is 11.8 Å². The Labute approximate surface area is 116 Å². The third-order valence-corrected chi connectivity index (χ3v) is 3.68. The number of hydrogen-bond donors (Lipinski definition) is 1. The third-order valence-electron chi connectivity index (χ3n) is 3.68. The van der Waals surface area contributed by atoms with Gasteiger partial charge in [-0.15, -0.1) is 0 Å². The van der Waals surface area contributed by atoms with E-state index in [4.69, 9.17) is 0 Å². The van der Waals surface area contributed by atoms with Crippen molar-refractivity contribution in [2.75, 3.05) is 0 Å². The quantitative estimate of drug-likeness (QED) is 0.623. The van der Waals surface area contributed by atoms with Gasteiger partial charge in [0, 0.05) is 12.0 Å². The molecular weight excluding hydrogens is 232 g/mol. The summed E-state index contributed by atoms with van der Waals surface area (Å²) in [6, 6.07) is 10.0. The van der Waals surface area contributed by atoms with Crippen LogP contribution in [-0.4, -0.2) is 10.7 Å². The van der Waals surface area contributed by atoms with Crippen LogP contribution in [0.15, 0.2) is 42.5 Å². The van der Waals surface area contributed by atoms with Gasteiger partial charge in [0.15, 0.2) is 0 Å². The van der Waals surface area contributed by atoms with E-state index < -0.39 is 5.60 Å². The maximum absolute atomic E-state index is 10.6. The normalized spacial score (nSPS) is 24.7. The number of rotatable bonds is 2. The Kier molecular flexibility index (Phi) is 5.24. The molecule has 0 aromatic heterocycles. The van der Waals surface area contributed by atoms with Crippen LogP contribution in [0.4, 0.5) is 0 Å². The lowest BCUT2D eigenvalue weighted by molar-refractivity contribution is 0.0141. The summed E-state index contributed by atoms with van der Waals surface area (Å²) in [6.07, 6.45) is 10.9. The molecule has 0 aliphatic heterocycles. The summed E-state index contributed by atoms with van der Waals surface area (Å²) in [4.78, 5) is 0. The number of benzene rings is 1. The Morgan fingerprint density at radius 1 is 1.05 bits per heavy atom. The molecule has 0 fully saturated rings. The summed E-state index contributed by atoms with van der Waals surface area (Å²) in [5, 5.41) is 10.6. The molecule has 0 amide bonds. The van der Waals surface area contributed by atoms with Gasteiger partial charge < -0.3 is 5.11 Å². The van der Waals surface area contributed by atoms with Crippen LogP contribution in [0.2, 0.25) is 0 Å². The molecule has 0 bridgehead atoms. The lowest BCUT2D eigenvalue weighted by Crippen LogP contribution is -2.28. The number of hydrogen-bond acceptors (Lipinski definition) is 1. The first kappa shape index (κ1) is 13.9. The maximum atomic E-state index is 10.6. The van der Waals surface area contributed by atoms with E-state index in [-0.39, 0.29) is 0 Å². The van der Waals surface area contributed by atoms with E-state index in [1.54, 1.807) is 0 Å². The van der Waals surface area contributed by atoms with Gasteiger partial charge in [-0.25, -0.2) is 0 Å². The van der Waals surface area contributed by atoms with Crippen molar-refractivity contribution in [1.29, 1.82) is 0 Å². The van der Waals surface area contributed by atoms with Crippen LogP contribution in [0.3, 0.4) is 0 Å². The fourth-order valence-electron chi connectivity index (χ4n) is 2.49. The molecule has 1 aromatic rings. The third kappa shape index (κ3) is 4.93. The van der Waals surface area contributed by atoms with Crippen molar-refractivity contribution in [3.63, 3.8) is 0 Å². The number of aliphatic hydroxyl groups is 1. The first-order chi connectivity index (χ1) is 9.29. The van der Waals surface area contributed by atoms with Gasteiger partial charge in [-0.3, -0.25) is 0 Å². The lowest BCUT2D eigenvalue weighted by atomic mass is 9.85. The van der Waals surface area contributed by atoms with Crippen LogP contribution < -0.4 is 0 Å². The van der Waals surface area contributed by atoms with Gasteiger partial charge in [-0.05, 0) is 50.7 Å². The molecular formula is C18H22O. The molecule has 0 spiro atoms. The minimum atomic E-state index is -0.504. The Bertz CT molecular complexity index is 463. The van der Waals surface area contributed by atoms with E-state index in [0.29, 0.717) is 0 Å². The van der Waals surface area contributed by atoms with E-state index in [2.05, 4.69) is 24.0 Å². The average Bonchev–Trinajstić information content (AvgIpc) is 2.41. The van der Waals surface area contributed by atoms with Gasteiger partial charge in [0.05, 0.1) is 5.60 Å². The zero-order valence-electron chi connectivity index (χ0n) is 11.4. The fraction of sp³-hybridized carbons (Fsp3) is 0.444. The topological polar surface area (TPSA) is 20.2 Å². The molecule has 1 aromatic carbocycles. The van der Waals surface area contributed by atoms with Crippen molar-refractivity contribution in [2.24, 2.45) is 0 Å². The Morgan fingerprint density at radius 3 is 2.68 bits per heavy atom. The van der Waals surface area contributed by atoms with E-state index in [1.807, 2.05) is 30.3 Å². The molecule has 0 saturated carbocycles. The van der Waals surface area contributed by atoms with E-state index in [1.165, 1.54) is 0 Å². The molecule has 1 aliphatic rings. The van der Waals surface area contributed by atoms with Crippen molar-refractivity contribution in [3.8, 4) is 11.8 Å². The summed E-state index contributed by atoms with van der Waals surface area (Å²) < 4.78 is 0. The number of allylic oxidation sites excluding steroid dienone is 2. The maximum Gasteiger partial charge on any atom is 0.0660 e. The van der Waals surface area contributed by atoms with Gasteiger partial charge >= 0.3 is 0 Å². The molecule has 19 heavy (non-hydrogen) atoms. The molecule has 2 rings (SSSR count). The zero-order valence-corrected chi connectivity index (χ0v) is 11.4. The Hall–Kier alpha value is -1.52. The highest BCUT2D eigenvalue weighted by molar-refractivity contribution is 5.33. The van der Waals surface area contributed by atoms with Gasteiger partial charge in [-0.1, -0.05) is 42.2 Å². The fourth-order valence-corrected chi connectivity index (χ4v) is 2.49. The molecule has 1 atom stereocenters. The second-order valence-corrected chi connectivity index (χ2v) is 5.29. The molecule has 1 aliphatic carbocycles. The van der Waals surface area contributed by atoms with Gasteiger partial charge in [-0.2, -0.15) is 0 Å². The van der Waals surface area contributed by atoms with Crippen molar-refractivity contribution in [1.82, 2.24) is 0 Å². The molecule has 0 radical (unpaired) electrons. The summed E-state index contributed by atoms with van der Waals surface area (Å²) >= 11 is 0. The first-order valence-corrected chi connectivity index (χ1v) is 7.20. The SMILES string of the molecule is O[C@@]1(CCC#Cc2ccccc2)CC/C=C/CCC1. The standard InChI is InChI=1S/C18H22O/c19-18(14-8-2-1-3-9-15-18)16-10-7-13-17-11-5-4-6-12-17/h1-2,4-6,11-12,19H,3,8-10,14-16H2/b2-1+/t18-/m0/s1. The average molecular weight is 254 g/mol. The molecule has 1 nitrogen and oxygen atoms in total. The predicted molar refractivity (Wildman–Crippen MR) is 79.7 cm³/mol. The smallest absolute Gasteiger partial charge is 0.0660 e. The van der Waals surface area contributed by atoms with Crippen LogP contribution in [0.25, 0.3) is 0 Å². The Morgan fingerprint density at radius 2 is 1.84 bits per heavy atom. The largest absolute Gasteiger partial charge is 0.390 e. The van der Waals surface area contributed by atoms with E-state index >= 15 is 0 Å². The van der Waals surface area contributed by atoms with Crippen molar-refractivity contribution >= 4 is 0 Å². The summed E-state index contributed by atoms with van der Waals surface area (Å²) in [5.74, 6) is 6.34. The van der Waals surface area contributed by atoms with Crippen molar-refractivity contribution in [3.05, 3.63) is 48.0 Å². The Balaban J connectivity index is 1.84. The predicted octanol–water partition coefficient (Wildman–Crippen LogP) is 4.07. The zero-order chi connectivity index (χ0) is 13.4. The highest BCUT2D eigenvalue weighted by Crippen LogP contribution is 2.27. The van der Waals surface area contributed by atoms with Crippen molar-refractivity contribution < 1.29 is 5.11 Å². The van der Waals surface area contributed by atoms with E-state index in [0.717, 1.165) is 50.5 Å². The highest BCUT2D eigenvalue weighted by Gasteiger charge is 2.25. The van der Waals surface area contributed by atoms with Crippen LogP contribution in [0.1, 0.15) is 50.5 Å². The summed E-state index contributed by atoms with van der Waals surface area (Å²) in [7, 11) is 0. The first-order valence-electron chi connectivity index (χ1n) is 7.20. The summed E-state index contributed by atoms with van der Waals surface area (Å²) in [6.45, 7) is 0. The molecule has 1 N–H and O–H groups in total. The van der Waals surface area contributed by atoms with Gasteiger partial charge in [0.25, 0.3) is 0 Å². The molecule has 0 heterocycles. The second-order valence-electron chi connectivity index (χ2n) is 5.29. The van der Waals surface area contributed by atoms with Crippen LogP contribution in [-0.2, 0) is 0 Å². The second kappa shape index (κ2) is 7.16. The van der Waals surface area contributed by atoms with Gasteiger partial charge in [0.2, 0.25) is 0 Å². The minimum Gasteiger partial charge on any atom is -0.390 e. The summed E-state index contributed by atoms with van der Waals surface area (Å²) in [5.41, 5.74) is 0.547. The van der Waals surface area contributed by atoms with Crippen molar-refractivity contribution in [2.45, 2.75) is 50.5 Å². The highest BCUT2D eigenvalue weighted by atomic mass is 16.3. The molecule has 0 saturated heterocycles. The van der Waals surface area contributed by atoms with Gasteiger partial charge in [0.1, 0.15) is 0 Å². The molecule has 100 valence electrons. The van der Waals surface area contributed by atoms with Crippen LogP contribution >= 0.6 is 0 Å². The van der Waals surface area contributed by atoms with Crippen LogP contribution in [0.5, 0.6) is 0 Å². The minimum absolute atomic E-state index is 0.504. The van der Waals surface area contributed by atoms with E-state index in [9.17, 15) is 5.11 Å².